The summed E-state index contributed by atoms with van der Waals surface area (Å²) >= 11 is 0. The molecule has 0 aromatic rings. The summed E-state index contributed by atoms with van der Waals surface area (Å²) in [4.78, 5) is 39.8. The molecule has 0 heterocycles. The largest absolute Gasteiger partial charge is 0.355 e. The van der Waals surface area contributed by atoms with Crippen molar-refractivity contribution < 1.29 is 19.2 Å². The van der Waals surface area contributed by atoms with Gasteiger partial charge < -0.3 is 4.84 Å². The lowest BCUT2D eigenvalue weighted by atomic mass is 9.73. The van der Waals surface area contributed by atoms with Crippen LogP contribution in [0.2, 0.25) is 0 Å². The van der Waals surface area contributed by atoms with Gasteiger partial charge >= 0.3 is 5.97 Å². The summed E-state index contributed by atoms with van der Waals surface area (Å²) in [5.74, 6) is -1.08. The number of Topliss-reactive ketones (excluding diaryl/α,β-unsaturated/α-hetero) is 2. The zero-order valence-electron chi connectivity index (χ0n) is 11.5. The van der Waals surface area contributed by atoms with E-state index in [0.29, 0.717) is 25.0 Å². The van der Waals surface area contributed by atoms with Crippen molar-refractivity contribution in [2.24, 2.45) is 5.41 Å². The van der Waals surface area contributed by atoms with Crippen molar-refractivity contribution in [3.8, 4) is 0 Å². The quantitative estimate of drug-likeness (QED) is 0.477. The number of rotatable bonds is 4. The van der Waals surface area contributed by atoms with Crippen LogP contribution in [-0.4, -0.2) is 17.5 Å². The predicted octanol–water partition coefficient (Wildman–Crippen LogP) is 1.84. The van der Waals surface area contributed by atoms with Crippen molar-refractivity contribution in [1.29, 1.82) is 0 Å². The Balaban J connectivity index is 2.97. The third-order valence-corrected chi connectivity index (χ3v) is 2.93. The number of hydrogen-bond acceptors (Lipinski definition) is 5. The van der Waals surface area contributed by atoms with Gasteiger partial charge in [-0.05, 0) is 11.8 Å². The van der Waals surface area contributed by atoms with Crippen LogP contribution in [0, 0.1) is 5.41 Å². The molecule has 1 aliphatic carbocycles. The van der Waals surface area contributed by atoms with E-state index < -0.39 is 5.97 Å². The predicted molar refractivity (Wildman–Crippen MR) is 69.8 cm³/mol. The SMILES string of the molecule is C=CC(=O)ONC(CC)=C1C(=O)CC(C)(C)CC1=O. The summed E-state index contributed by atoms with van der Waals surface area (Å²) in [6.45, 7) is 8.81. The fourth-order valence-corrected chi connectivity index (χ4v) is 2.05. The first-order valence-corrected chi connectivity index (χ1v) is 6.19. The van der Waals surface area contributed by atoms with Gasteiger partial charge in [0, 0.05) is 18.9 Å². The van der Waals surface area contributed by atoms with E-state index in [1.807, 2.05) is 13.8 Å². The van der Waals surface area contributed by atoms with Crippen molar-refractivity contribution in [1.82, 2.24) is 5.48 Å². The third-order valence-electron chi connectivity index (χ3n) is 2.93. The van der Waals surface area contributed by atoms with E-state index in [-0.39, 0.29) is 22.6 Å². The molecule has 1 N–H and O–H groups in total. The van der Waals surface area contributed by atoms with Crippen LogP contribution < -0.4 is 5.48 Å². The molecule has 0 aromatic heterocycles. The molecule has 0 spiro atoms. The van der Waals surface area contributed by atoms with Gasteiger partial charge in [-0.2, -0.15) is 0 Å². The number of ketones is 2. The van der Waals surface area contributed by atoms with Gasteiger partial charge in [-0.25, -0.2) is 10.3 Å². The molecule has 0 atom stereocenters. The molecule has 5 heteroatoms. The highest BCUT2D eigenvalue weighted by Gasteiger charge is 2.37. The molecule has 0 amide bonds. The number of allylic oxidation sites excluding steroid dienone is 2. The average molecular weight is 265 g/mol. The Labute approximate surface area is 112 Å². The molecule has 1 fully saturated rings. The fourth-order valence-electron chi connectivity index (χ4n) is 2.05. The minimum atomic E-state index is -0.664. The normalized spacial score (nSPS) is 17.9. The molecule has 0 radical (unpaired) electrons. The van der Waals surface area contributed by atoms with E-state index in [1.54, 1.807) is 6.92 Å². The molecule has 5 nitrogen and oxygen atoms in total. The van der Waals surface area contributed by atoms with Crippen molar-refractivity contribution in [2.75, 3.05) is 0 Å². The highest BCUT2D eigenvalue weighted by molar-refractivity contribution is 6.22. The Morgan fingerprint density at radius 1 is 1.37 bits per heavy atom. The number of hydroxylamine groups is 1. The number of hydrogen-bond donors (Lipinski definition) is 1. The first-order valence-electron chi connectivity index (χ1n) is 6.19. The summed E-state index contributed by atoms with van der Waals surface area (Å²) in [6.07, 6.45) is 2.03. The van der Waals surface area contributed by atoms with E-state index in [4.69, 9.17) is 0 Å². The minimum Gasteiger partial charge on any atom is -0.339 e. The van der Waals surface area contributed by atoms with Gasteiger partial charge in [-0.15, -0.1) is 0 Å². The highest BCUT2D eigenvalue weighted by atomic mass is 16.7. The van der Waals surface area contributed by atoms with Crippen LogP contribution in [0.25, 0.3) is 0 Å². The molecule has 0 saturated heterocycles. The third kappa shape index (κ3) is 3.77. The van der Waals surface area contributed by atoms with Crippen LogP contribution in [0.15, 0.2) is 23.9 Å². The lowest BCUT2D eigenvalue weighted by molar-refractivity contribution is -0.144. The Bertz CT molecular complexity index is 438. The number of nitrogens with one attached hydrogen (secondary N) is 1. The monoisotopic (exact) mass is 265 g/mol. The van der Waals surface area contributed by atoms with E-state index in [1.165, 1.54) is 0 Å². The molecule has 1 aliphatic rings. The van der Waals surface area contributed by atoms with Crippen molar-refractivity contribution in [2.45, 2.75) is 40.0 Å². The Hall–Kier alpha value is -1.91. The topological polar surface area (TPSA) is 72.5 Å². The zero-order valence-corrected chi connectivity index (χ0v) is 11.5. The maximum atomic E-state index is 12.1. The molecule has 104 valence electrons. The van der Waals surface area contributed by atoms with Gasteiger partial charge in [0.15, 0.2) is 11.6 Å². The maximum absolute atomic E-state index is 12.1. The van der Waals surface area contributed by atoms with Gasteiger partial charge in [-0.1, -0.05) is 27.4 Å². The molecule has 1 rings (SSSR count). The van der Waals surface area contributed by atoms with E-state index >= 15 is 0 Å². The second-order valence-corrected chi connectivity index (χ2v) is 5.30. The second-order valence-electron chi connectivity index (χ2n) is 5.30. The molecule has 1 saturated carbocycles. The maximum Gasteiger partial charge on any atom is 0.355 e. The molecule has 0 aromatic carbocycles. The van der Waals surface area contributed by atoms with E-state index in [9.17, 15) is 14.4 Å². The lowest BCUT2D eigenvalue weighted by Gasteiger charge is -2.29. The summed E-state index contributed by atoms with van der Waals surface area (Å²) in [5, 5.41) is 0. The first-order chi connectivity index (χ1) is 8.80. The van der Waals surface area contributed by atoms with Gasteiger partial charge in [0.25, 0.3) is 0 Å². The molecule has 0 bridgehead atoms. The zero-order chi connectivity index (χ0) is 14.6. The average Bonchev–Trinajstić information content (AvgIpc) is 2.30. The standard InChI is InChI=1S/C14H19NO4/c1-5-9(15-19-12(18)6-2)13-10(16)7-14(3,4)8-11(13)17/h6,15H,2,5,7-8H2,1,3-4H3. The summed E-state index contributed by atoms with van der Waals surface area (Å²) in [5.41, 5.74) is 2.56. The Morgan fingerprint density at radius 3 is 2.32 bits per heavy atom. The van der Waals surface area contributed by atoms with E-state index in [0.717, 1.165) is 6.08 Å². The molecular weight excluding hydrogens is 246 g/mol. The second kappa shape index (κ2) is 5.82. The van der Waals surface area contributed by atoms with Crippen LogP contribution in [0.3, 0.4) is 0 Å². The highest BCUT2D eigenvalue weighted by Crippen LogP contribution is 2.34. The van der Waals surface area contributed by atoms with E-state index in [2.05, 4.69) is 16.9 Å². The number of carbonyl (C=O) groups is 3. The van der Waals surface area contributed by atoms with Gasteiger partial charge in [0.05, 0.1) is 11.3 Å². The van der Waals surface area contributed by atoms with Crippen LogP contribution in [-0.2, 0) is 19.2 Å². The van der Waals surface area contributed by atoms with Crippen molar-refractivity contribution >= 4 is 17.5 Å². The molecular formula is C14H19NO4. The summed E-state index contributed by atoms with van der Waals surface area (Å²) in [7, 11) is 0. The lowest BCUT2D eigenvalue weighted by Crippen LogP contribution is -2.34. The van der Waals surface area contributed by atoms with Crippen molar-refractivity contribution in [3.05, 3.63) is 23.9 Å². The molecule has 19 heavy (non-hydrogen) atoms. The fraction of sp³-hybridized carbons (Fsp3) is 0.500. The Morgan fingerprint density at radius 2 is 1.89 bits per heavy atom. The minimum absolute atomic E-state index is 0.124. The van der Waals surface area contributed by atoms with Crippen LogP contribution in [0.4, 0.5) is 0 Å². The summed E-state index contributed by atoms with van der Waals surface area (Å²) in [6, 6.07) is 0. The molecule has 0 aliphatic heterocycles. The van der Waals surface area contributed by atoms with Gasteiger partial charge in [0.2, 0.25) is 0 Å². The smallest absolute Gasteiger partial charge is 0.339 e. The summed E-state index contributed by atoms with van der Waals surface area (Å²) < 4.78 is 0. The van der Waals surface area contributed by atoms with Crippen LogP contribution in [0.5, 0.6) is 0 Å². The Kier molecular flexibility index (Phi) is 4.64. The van der Waals surface area contributed by atoms with Crippen LogP contribution >= 0.6 is 0 Å². The first kappa shape index (κ1) is 15.1. The van der Waals surface area contributed by atoms with Crippen LogP contribution in [0.1, 0.15) is 40.0 Å². The van der Waals surface area contributed by atoms with Gasteiger partial charge in [-0.3, -0.25) is 9.59 Å². The molecule has 0 unspecified atom stereocenters. The van der Waals surface area contributed by atoms with Crippen molar-refractivity contribution in [3.63, 3.8) is 0 Å². The van der Waals surface area contributed by atoms with Gasteiger partial charge in [0.1, 0.15) is 0 Å². The number of carbonyl (C=O) groups excluding carboxylic acids is 3.